The second-order valence-electron chi connectivity index (χ2n) is 4.15. The van der Waals surface area contributed by atoms with Crippen molar-refractivity contribution in [2.24, 2.45) is 0 Å². The minimum Gasteiger partial charge on any atom is -0.300 e. The van der Waals surface area contributed by atoms with E-state index in [4.69, 9.17) is 0 Å². The van der Waals surface area contributed by atoms with Crippen LogP contribution in [0.3, 0.4) is 0 Å². The van der Waals surface area contributed by atoms with Crippen molar-refractivity contribution < 1.29 is 4.79 Å². The lowest BCUT2D eigenvalue weighted by Gasteiger charge is -1.96. The fourth-order valence-corrected chi connectivity index (χ4v) is 1.49. The predicted molar refractivity (Wildman–Crippen MR) is 67.0 cm³/mol. The summed E-state index contributed by atoms with van der Waals surface area (Å²) in [6.45, 7) is 4.34. The quantitative estimate of drug-likeness (QED) is 0.378. The fraction of sp³-hybridized carbons (Fsp3) is 0.786. The number of carbonyl (C=O) groups excluding carboxylic acids is 1. The molecule has 0 radical (unpaired) electrons. The zero-order chi connectivity index (χ0) is 11.4. The smallest absolute Gasteiger partial charge is 0.133 e. The van der Waals surface area contributed by atoms with Gasteiger partial charge in [-0.15, -0.1) is 0 Å². The number of ketones is 1. The number of hydrogen-bond donors (Lipinski definition) is 0. The number of hydrogen-bond acceptors (Lipinski definition) is 1. The first-order valence-electron chi connectivity index (χ1n) is 6.48. The molecule has 0 aliphatic heterocycles. The molecule has 0 spiro atoms. The lowest BCUT2D eigenvalue weighted by atomic mass is 10.1. The fourth-order valence-electron chi connectivity index (χ4n) is 1.49. The Kier molecular flexibility index (Phi) is 11.0. The van der Waals surface area contributed by atoms with Gasteiger partial charge in [0, 0.05) is 12.8 Å². The zero-order valence-electron chi connectivity index (χ0n) is 10.4. The molecule has 0 rings (SSSR count). The van der Waals surface area contributed by atoms with Gasteiger partial charge in [0.25, 0.3) is 0 Å². The van der Waals surface area contributed by atoms with Gasteiger partial charge in [-0.3, -0.25) is 4.79 Å². The van der Waals surface area contributed by atoms with Gasteiger partial charge in [0.15, 0.2) is 0 Å². The molecule has 0 heterocycles. The molecule has 0 unspecified atom stereocenters. The van der Waals surface area contributed by atoms with Crippen molar-refractivity contribution in [1.29, 1.82) is 0 Å². The van der Waals surface area contributed by atoms with Crippen LogP contribution in [0.15, 0.2) is 12.2 Å². The average molecular weight is 210 g/mol. The Labute approximate surface area is 95.0 Å². The number of carbonyl (C=O) groups is 1. The highest BCUT2D eigenvalue weighted by molar-refractivity contribution is 5.78. The molecule has 0 amide bonds. The van der Waals surface area contributed by atoms with E-state index in [9.17, 15) is 4.79 Å². The molecule has 88 valence electrons. The molecule has 0 N–H and O–H groups in total. The normalized spacial score (nSPS) is 11.1. The van der Waals surface area contributed by atoms with Crippen molar-refractivity contribution in [3.05, 3.63) is 12.2 Å². The van der Waals surface area contributed by atoms with Crippen molar-refractivity contribution in [2.75, 3.05) is 0 Å². The second-order valence-corrected chi connectivity index (χ2v) is 4.15. The van der Waals surface area contributed by atoms with Crippen molar-refractivity contribution in [3.8, 4) is 0 Å². The highest BCUT2D eigenvalue weighted by Crippen LogP contribution is 2.04. The van der Waals surface area contributed by atoms with Crippen LogP contribution in [0.4, 0.5) is 0 Å². The first-order chi connectivity index (χ1) is 7.31. The Balaban J connectivity index is 3.24. The maximum Gasteiger partial charge on any atom is 0.133 e. The zero-order valence-corrected chi connectivity index (χ0v) is 10.4. The number of allylic oxidation sites excluding steroid dienone is 2. The van der Waals surface area contributed by atoms with Crippen molar-refractivity contribution in [3.63, 3.8) is 0 Å². The van der Waals surface area contributed by atoms with Crippen LogP contribution in [0, 0.1) is 0 Å². The predicted octanol–water partition coefficient (Wildman–Crippen LogP) is 4.66. The van der Waals surface area contributed by atoms with Gasteiger partial charge in [0.1, 0.15) is 5.78 Å². The molecule has 0 aromatic heterocycles. The molecule has 0 bridgehead atoms. The molecule has 0 aliphatic carbocycles. The van der Waals surface area contributed by atoms with Crippen LogP contribution in [0.5, 0.6) is 0 Å². The molecule has 0 atom stereocenters. The number of rotatable bonds is 10. The van der Waals surface area contributed by atoms with E-state index in [2.05, 4.69) is 26.0 Å². The Morgan fingerprint density at radius 2 is 1.53 bits per heavy atom. The summed E-state index contributed by atoms with van der Waals surface area (Å²) in [5.41, 5.74) is 0. The van der Waals surface area contributed by atoms with Gasteiger partial charge in [-0.2, -0.15) is 0 Å². The summed E-state index contributed by atoms with van der Waals surface area (Å²) in [5, 5.41) is 0. The highest BCUT2D eigenvalue weighted by atomic mass is 16.1. The summed E-state index contributed by atoms with van der Waals surface area (Å²) in [5.74, 6) is 0.426. The Morgan fingerprint density at radius 3 is 2.20 bits per heavy atom. The molecule has 15 heavy (non-hydrogen) atoms. The number of Topliss-reactive ketones (excluding diaryl/α,β-unsaturated/α-hetero) is 1. The van der Waals surface area contributed by atoms with Gasteiger partial charge in [-0.25, -0.2) is 0 Å². The number of unbranched alkanes of at least 4 members (excludes halogenated alkanes) is 4. The topological polar surface area (TPSA) is 17.1 Å². The minimum absolute atomic E-state index is 0.426. The van der Waals surface area contributed by atoms with E-state index in [-0.39, 0.29) is 0 Å². The van der Waals surface area contributed by atoms with E-state index in [1.165, 1.54) is 25.7 Å². The van der Waals surface area contributed by atoms with E-state index >= 15 is 0 Å². The minimum atomic E-state index is 0.426. The van der Waals surface area contributed by atoms with Crippen LogP contribution < -0.4 is 0 Å². The van der Waals surface area contributed by atoms with Gasteiger partial charge >= 0.3 is 0 Å². The molecule has 0 saturated carbocycles. The van der Waals surface area contributed by atoms with Crippen molar-refractivity contribution in [2.45, 2.75) is 71.6 Å². The lowest BCUT2D eigenvalue weighted by molar-refractivity contribution is -0.119. The van der Waals surface area contributed by atoms with E-state index in [1.54, 1.807) is 0 Å². The van der Waals surface area contributed by atoms with Crippen LogP contribution in [-0.2, 0) is 4.79 Å². The third-order valence-corrected chi connectivity index (χ3v) is 2.54. The third kappa shape index (κ3) is 11.3. The molecule has 0 aromatic carbocycles. The van der Waals surface area contributed by atoms with Crippen LogP contribution >= 0.6 is 0 Å². The van der Waals surface area contributed by atoms with Crippen LogP contribution in [0.1, 0.15) is 71.6 Å². The van der Waals surface area contributed by atoms with Crippen LogP contribution in [0.25, 0.3) is 0 Å². The first-order valence-corrected chi connectivity index (χ1v) is 6.48. The van der Waals surface area contributed by atoms with E-state index in [1.807, 2.05) is 0 Å². The Hall–Kier alpha value is -0.590. The van der Waals surface area contributed by atoms with Gasteiger partial charge < -0.3 is 0 Å². The molecule has 0 fully saturated rings. The van der Waals surface area contributed by atoms with Gasteiger partial charge in [0.05, 0.1) is 0 Å². The monoisotopic (exact) mass is 210 g/mol. The first kappa shape index (κ1) is 14.4. The molecular formula is C14H26O. The lowest BCUT2D eigenvalue weighted by Crippen LogP contribution is -1.95. The van der Waals surface area contributed by atoms with E-state index < -0.39 is 0 Å². The standard InChI is InChI=1S/C14H26O/c1-3-5-7-8-9-10-11-13-14(15)12-6-4-2/h9-10H,3-8,11-13H2,1-2H3/b10-9-. The second kappa shape index (κ2) is 11.5. The van der Waals surface area contributed by atoms with E-state index in [0.29, 0.717) is 5.78 Å². The summed E-state index contributed by atoms with van der Waals surface area (Å²) < 4.78 is 0. The SMILES string of the molecule is CCCCC/C=C\CCC(=O)CCCC. The largest absolute Gasteiger partial charge is 0.300 e. The maximum absolute atomic E-state index is 11.3. The van der Waals surface area contributed by atoms with Crippen molar-refractivity contribution in [1.82, 2.24) is 0 Å². The average Bonchev–Trinajstić information content (AvgIpc) is 2.25. The summed E-state index contributed by atoms with van der Waals surface area (Å²) >= 11 is 0. The van der Waals surface area contributed by atoms with Gasteiger partial charge in [-0.1, -0.05) is 45.3 Å². The molecule has 1 nitrogen and oxygen atoms in total. The third-order valence-electron chi connectivity index (χ3n) is 2.54. The molecular weight excluding hydrogens is 184 g/mol. The Bertz CT molecular complexity index is 170. The summed E-state index contributed by atoms with van der Waals surface area (Å²) in [6, 6.07) is 0. The molecule has 1 heteroatoms. The molecule has 0 aromatic rings. The summed E-state index contributed by atoms with van der Waals surface area (Å²) in [4.78, 5) is 11.3. The van der Waals surface area contributed by atoms with Crippen LogP contribution in [-0.4, -0.2) is 5.78 Å². The van der Waals surface area contributed by atoms with Gasteiger partial charge in [0.2, 0.25) is 0 Å². The highest BCUT2D eigenvalue weighted by Gasteiger charge is 1.98. The van der Waals surface area contributed by atoms with E-state index in [0.717, 1.165) is 32.1 Å². The maximum atomic E-state index is 11.3. The summed E-state index contributed by atoms with van der Waals surface area (Å²) in [7, 11) is 0. The van der Waals surface area contributed by atoms with Crippen LogP contribution in [0.2, 0.25) is 0 Å². The Morgan fingerprint density at radius 1 is 0.867 bits per heavy atom. The molecule has 0 saturated heterocycles. The summed E-state index contributed by atoms with van der Waals surface area (Å²) in [6.07, 6.45) is 14.1. The molecule has 0 aliphatic rings. The van der Waals surface area contributed by atoms with Gasteiger partial charge in [-0.05, 0) is 25.7 Å². The van der Waals surface area contributed by atoms with Crippen molar-refractivity contribution >= 4 is 5.78 Å².